The van der Waals surface area contributed by atoms with Gasteiger partial charge in [-0.25, -0.2) is 0 Å². The summed E-state index contributed by atoms with van der Waals surface area (Å²) in [7, 11) is 5.86. The third kappa shape index (κ3) is 6.58. The fraction of sp³-hybridized carbons (Fsp3) is 0.179. The number of halogens is 3. The summed E-state index contributed by atoms with van der Waals surface area (Å²) in [6.07, 6.45) is 1.44. The molecule has 0 bridgehead atoms. The van der Waals surface area contributed by atoms with Crippen LogP contribution in [0.2, 0.25) is 0 Å². The molecule has 3 aromatic carbocycles. The summed E-state index contributed by atoms with van der Waals surface area (Å²) in [6.45, 7) is 0. The minimum Gasteiger partial charge on any atom is -0.503 e. The predicted octanol–water partition coefficient (Wildman–Crippen LogP) is 6.27. The number of carbonyl (C=O) groups excluding carboxylic acids is 1. The van der Waals surface area contributed by atoms with Crippen LogP contribution < -0.4 is 24.3 Å². The number of hydrogen-bond donors (Lipinski definition) is 2. The number of ether oxygens (including phenoxy) is 4. The molecule has 0 radical (unpaired) electrons. The third-order valence-corrected chi connectivity index (χ3v) is 5.45. The van der Waals surface area contributed by atoms with Gasteiger partial charge in [-0.3, -0.25) is 4.79 Å². The van der Waals surface area contributed by atoms with Crippen molar-refractivity contribution in [1.29, 1.82) is 0 Å². The Bertz CT molecular complexity index is 1320. The summed E-state index contributed by atoms with van der Waals surface area (Å²) < 4.78 is 59.5. The standard InChI is InChI=1S/C28H26F3NO6/c1-35-21-13-10-19(9-5-18-15-22(36-2)27(38-4)23(16-18)37-3)25(26(21)34)32-24(33)14-8-17-6-11-20(12-7-17)28(29,30)31/h5-16,34H,1-4H3,(H,32,33)/b9-5?,14-8+. The first-order chi connectivity index (χ1) is 18.1. The van der Waals surface area contributed by atoms with E-state index in [2.05, 4.69) is 5.32 Å². The van der Waals surface area contributed by atoms with E-state index in [1.807, 2.05) is 0 Å². The zero-order chi connectivity index (χ0) is 27.9. The average Bonchev–Trinajstić information content (AvgIpc) is 2.91. The van der Waals surface area contributed by atoms with Gasteiger partial charge in [0.05, 0.1) is 39.7 Å². The van der Waals surface area contributed by atoms with Gasteiger partial charge >= 0.3 is 6.18 Å². The van der Waals surface area contributed by atoms with Crippen LogP contribution in [0.1, 0.15) is 22.3 Å². The molecule has 0 aliphatic carbocycles. The van der Waals surface area contributed by atoms with E-state index in [0.29, 0.717) is 33.9 Å². The molecule has 0 heterocycles. The summed E-state index contributed by atoms with van der Waals surface area (Å²) in [5.74, 6) is 0.558. The first kappa shape index (κ1) is 28.0. The molecule has 0 atom stereocenters. The Balaban J connectivity index is 1.88. The van der Waals surface area contributed by atoms with Crippen molar-refractivity contribution in [3.63, 3.8) is 0 Å². The van der Waals surface area contributed by atoms with Crippen LogP contribution in [-0.2, 0) is 11.0 Å². The van der Waals surface area contributed by atoms with Crippen LogP contribution in [-0.4, -0.2) is 39.5 Å². The topological polar surface area (TPSA) is 86.3 Å². The smallest absolute Gasteiger partial charge is 0.416 e. The molecule has 200 valence electrons. The maximum atomic E-state index is 12.8. The molecular formula is C28H26F3NO6. The van der Waals surface area contributed by atoms with Crippen LogP contribution in [0.15, 0.2) is 54.6 Å². The zero-order valence-corrected chi connectivity index (χ0v) is 21.1. The number of benzene rings is 3. The van der Waals surface area contributed by atoms with Crippen LogP contribution in [0.5, 0.6) is 28.7 Å². The number of hydrogen-bond acceptors (Lipinski definition) is 6. The molecule has 0 saturated heterocycles. The molecule has 0 spiro atoms. The van der Waals surface area contributed by atoms with E-state index < -0.39 is 17.6 Å². The Morgan fingerprint density at radius 1 is 0.789 bits per heavy atom. The van der Waals surface area contributed by atoms with Crippen molar-refractivity contribution in [2.24, 2.45) is 0 Å². The van der Waals surface area contributed by atoms with Gasteiger partial charge in [0.15, 0.2) is 23.0 Å². The first-order valence-corrected chi connectivity index (χ1v) is 11.2. The highest BCUT2D eigenvalue weighted by atomic mass is 19.4. The molecule has 0 aliphatic heterocycles. The molecule has 10 heteroatoms. The van der Waals surface area contributed by atoms with Gasteiger partial charge in [-0.05, 0) is 53.6 Å². The number of aromatic hydroxyl groups is 1. The summed E-state index contributed by atoms with van der Waals surface area (Å²) in [5, 5.41) is 13.3. The fourth-order valence-corrected chi connectivity index (χ4v) is 3.53. The van der Waals surface area contributed by atoms with Gasteiger partial charge in [0.2, 0.25) is 11.7 Å². The molecule has 0 fully saturated rings. The quantitative estimate of drug-likeness (QED) is 0.193. The second-order valence-corrected chi connectivity index (χ2v) is 7.82. The van der Waals surface area contributed by atoms with Gasteiger partial charge in [-0.15, -0.1) is 0 Å². The number of phenols is 1. The fourth-order valence-electron chi connectivity index (χ4n) is 3.53. The molecule has 0 unspecified atom stereocenters. The van der Waals surface area contributed by atoms with E-state index in [1.165, 1.54) is 52.7 Å². The molecule has 38 heavy (non-hydrogen) atoms. The maximum absolute atomic E-state index is 12.8. The highest BCUT2D eigenvalue weighted by Gasteiger charge is 2.29. The lowest BCUT2D eigenvalue weighted by molar-refractivity contribution is -0.137. The number of anilines is 1. The van der Waals surface area contributed by atoms with Gasteiger partial charge in [0.25, 0.3) is 0 Å². The van der Waals surface area contributed by atoms with Crippen molar-refractivity contribution in [3.05, 3.63) is 76.9 Å². The van der Waals surface area contributed by atoms with Crippen molar-refractivity contribution >= 4 is 29.8 Å². The molecule has 2 N–H and O–H groups in total. The highest BCUT2D eigenvalue weighted by molar-refractivity contribution is 6.04. The Morgan fingerprint density at radius 3 is 1.92 bits per heavy atom. The van der Waals surface area contributed by atoms with Gasteiger partial charge < -0.3 is 29.4 Å². The molecule has 1 amide bonds. The van der Waals surface area contributed by atoms with Crippen molar-refractivity contribution in [2.45, 2.75) is 6.18 Å². The average molecular weight is 530 g/mol. The molecular weight excluding hydrogens is 503 g/mol. The lowest BCUT2D eigenvalue weighted by atomic mass is 10.1. The van der Waals surface area contributed by atoms with Crippen LogP contribution in [0, 0.1) is 0 Å². The monoisotopic (exact) mass is 529 g/mol. The Labute approximate surface area is 217 Å². The normalized spacial score (nSPS) is 11.6. The van der Waals surface area contributed by atoms with E-state index in [0.717, 1.165) is 18.2 Å². The minimum atomic E-state index is -4.45. The summed E-state index contributed by atoms with van der Waals surface area (Å²) in [5.41, 5.74) is 0.826. The molecule has 0 aliphatic rings. The summed E-state index contributed by atoms with van der Waals surface area (Å²) in [6, 6.07) is 11.0. The number of carbonyl (C=O) groups is 1. The third-order valence-electron chi connectivity index (χ3n) is 5.45. The van der Waals surface area contributed by atoms with E-state index in [4.69, 9.17) is 18.9 Å². The number of phenolic OH excluding ortho intramolecular Hbond substituents is 1. The van der Waals surface area contributed by atoms with Crippen molar-refractivity contribution in [3.8, 4) is 28.7 Å². The van der Waals surface area contributed by atoms with Crippen LogP contribution in [0.4, 0.5) is 18.9 Å². The molecule has 3 aromatic rings. The highest BCUT2D eigenvalue weighted by Crippen LogP contribution is 2.40. The molecule has 0 saturated carbocycles. The summed E-state index contributed by atoms with van der Waals surface area (Å²) in [4.78, 5) is 12.6. The summed E-state index contributed by atoms with van der Waals surface area (Å²) >= 11 is 0. The van der Waals surface area contributed by atoms with E-state index in [9.17, 15) is 23.1 Å². The second kappa shape index (κ2) is 12.1. The van der Waals surface area contributed by atoms with E-state index in [-0.39, 0.29) is 17.2 Å². The van der Waals surface area contributed by atoms with E-state index >= 15 is 0 Å². The number of nitrogens with one attached hydrogen (secondary N) is 1. The Kier molecular flexibility index (Phi) is 8.90. The predicted molar refractivity (Wildman–Crippen MR) is 139 cm³/mol. The van der Waals surface area contributed by atoms with Crippen LogP contribution in [0.25, 0.3) is 18.2 Å². The lowest BCUT2D eigenvalue weighted by Crippen LogP contribution is -2.09. The second-order valence-electron chi connectivity index (χ2n) is 7.82. The minimum absolute atomic E-state index is 0.0788. The van der Waals surface area contributed by atoms with E-state index in [1.54, 1.807) is 30.4 Å². The maximum Gasteiger partial charge on any atom is 0.416 e. The van der Waals surface area contributed by atoms with Gasteiger partial charge in [-0.1, -0.05) is 24.3 Å². The Morgan fingerprint density at radius 2 is 1.39 bits per heavy atom. The Hall–Kier alpha value is -4.60. The van der Waals surface area contributed by atoms with Crippen molar-refractivity contribution in [2.75, 3.05) is 33.8 Å². The van der Waals surface area contributed by atoms with Gasteiger partial charge in [0.1, 0.15) is 0 Å². The van der Waals surface area contributed by atoms with Crippen LogP contribution in [0.3, 0.4) is 0 Å². The largest absolute Gasteiger partial charge is 0.503 e. The van der Waals surface area contributed by atoms with Crippen molar-refractivity contribution in [1.82, 2.24) is 0 Å². The SMILES string of the molecule is COc1ccc(C=Cc2cc(OC)c(OC)c(OC)c2)c(NC(=O)/C=C/c2ccc(C(F)(F)F)cc2)c1O. The number of alkyl halides is 3. The lowest BCUT2D eigenvalue weighted by Gasteiger charge is -2.14. The number of amides is 1. The van der Waals surface area contributed by atoms with Crippen LogP contribution >= 0.6 is 0 Å². The van der Waals surface area contributed by atoms with Gasteiger partial charge in [-0.2, -0.15) is 13.2 Å². The van der Waals surface area contributed by atoms with Gasteiger partial charge in [0, 0.05) is 11.6 Å². The first-order valence-electron chi connectivity index (χ1n) is 11.2. The molecule has 7 nitrogen and oxygen atoms in total. The zero-order valence-electron chi connectivity index (χ0n) is 21.1. The number of methoxy groups -OCH3 is 4. The molecule has 3 rings (SSSR count). The number of rotatable bonds is 9. The van der Waals surface area contributed by atoms with Crippen molar-refractivity contribution < 1.29 is 42.0 Å². The molecule has 0 aromatic heterocycles.